The third-order valence-electron chi connectivity index (χ3n) is 3.94. The van der Waals surface area contributed by atoms with Gasteiger partial charge in [-0.05, 0) is 31.5 Å². The Labute approximate surface area is 124 Å². The number of β-amino-alcohol motifs (C(OH)–C–C–N with tert-alkyl or cyclic N) is 1. The highest BCUT2D eigenvalue weighted by Gasteiger charge is 2.32. The molecule has 1 aliphatic heterocycles. The van der Waals surface area contributed by atoms with E-state index < -0.39 is 5.41 Å². The fraction of sp³-hybridized carbons (Fsp3) is 0.533. The number of benzene rings is 1. The molecular weight excluding hydrogens is 276 g/mol. The van der Waals surface area contributed by atoms with E-state index in [2.05, 4.69) is 10.6 Å². The summed E-state index contributed by atoms with van der Waals surface area (Å²) in [4.78, 5) is 12.4. The first-order chi connectivity index (χ1) is 9.41. The molecule has 20 heavy (non-hydrogen) atoms. The Hall–Kier alpha value is -1.10. The summed E-state index contributed by atoms with van der Waals surface area (Å²) < 4.78 is 0. The van der Waals surface area contributed by atoms with Crippen molar-refractivity contribution < 1.29 is 9.90 Å². The van der Waals surface area contributed by atoms with E-state index >= 15 is 0 Å². The molecule has 1 amide bonds. The third kappa shape index (κ3) is 3.32. The molecule has 1 aromatic rings. The summed E-state index contributed by atoms with van der Waals surface area (Å²) in [6, 6.07) is 7.35. The highest BCUT2D eigenvalue weighted by molar-refractivity contribution is 6.30. The fourth-order valence-corrected chi connectivity index (χ4v) is 2.57. The molecule has 1 fully saturated rings. The van der Waals surface area contributed by atoms with E-state index in [0.29, 0.717) is 18.1 Å². The van der Waals surface area contributed by atoms with E-state index in [1.807, 2.05) is 32.0 Å². The van der Waals surface area contributed by atoms with Gasteiger partial charge in [-0.3, -0.25) is 4.79 Å². The van der Waals surface area contributed by atoms with Gasteiger partial charge < -0.3 is 15.7 Å². The Morgan fingerprint density at radius 3 is 2.85 bits per heavy atom. The second-order valence-electron chi connectivity index (χ2n) is 5.83. The van der Waals surface area contributed by atoms with E-state index in [0.717, 1.165) is 12.1 Å². The summed E-state index contributed by atoms with van der Waals surface area (Å²) >= 11 is 5.98. The maximum absolute atomic E-state index is 12.4. The molecule has 0 aromatic heterocycles. The average molecular weight is 297 g/mol. The zero-order valence-corrected chi connectivity index (χ0v) is 12.6. The van der Waals surface area contributed by atoms with Crippen molar-refractivity contribution in [1.29, 1.82) is 0 Å². The minimum absolute atomic E-state index is 0.0566. The quantitative estimate of drug-likeness (QED) is 0.785. The van der Waals surface area contributed by atoms with Crippen LogP contribution in [0.1, 0.15) is 19.4 Å². The first-order valence-electron chi connectivity index (χ1n) is 6.84. The van der Waals surface area contributed by atoms with Crippen LogP contribution in [0.4, 0.5) is 0 Å². The highest BCUT2D eigenvalue weighted by atomic mass is 35.5. The molecule has 2 rings (SSSR count). The lowest BCUT2D eigenvalue weighted by Gasteiger charge is -2.25. The standard InChI is InChI=1S/C15H21ClN2O2/c1-15(2,11-4-3-5-12(16)6-11)14(20)18-8-10-7-17-9-13(10)19/h3-6,10,13,17,19H,7-9H2,1-2H3,(H,18,20). The van der Waals surface area contributed by atoms with Gasteiger partial charge in [0.1, 0.15) is 0 Å². The monoisotopic (exact) mass is 296 g/mol. The predicted octanol–water partition coefficient (Wildman–Crippen LogP) is 1.31. The Balaban J connectivity index is 2.00. The van der Waals surface area contributed by atoms with Crippen LogP contribution in [0.3, 0.4) is 0 Å². The Morgan fingerprint density at radius 2 is 2.25 bits per heavy atom. The maximum atomic E-state index is 12.4. The lowest BCUT2D eigenvalue weighted by atomic mass is 9.83. The van der Waals surface area contributed by atoms with Crippen LogP contribution in [-0.2, 0) is 10.2 Å². The van der Waals surface area contributed by atoms with Crippen LogP contribution in [0.5, 0.6) is 0 Å². The van der Waals surface area contributed by atoms with Crippen molar-refractivity contribution in [2.24, 2.45) is 5.92 Å². The summed E-state index contributed by atoms with van der Waals surface area (Å²) in [5.74, 6) is 0.0213. The molecule has 5 heteroatoms. The van der Waals surface area contributed by atoms with Gasteiger partial charge >= 0.3 is 0 Å². The molecular formula is C15H21ClN2O2. The first kappa shape index (κ1) is 15.3. The summed E-state index contributed by atoms with van der Waals surface area (Å²) in [5, 5.41) is 16.4. The minimum Gasteiger partial charge on any atom is -0.391 e. The molecule has 4 nitrogen and oxygen atoms in total. The lowest BCUT2D eigenvalue weighted by Crippen LogP contribution is -2.43. The summed E-state index contributed by atoms with van der Waals surface area (Å²) in [6.07, 6.45) is -0.385. The minimum atomic E-state index is -0.651. The zero-order chi connectivity index (χ0) is 14.8. The highest BCUT2D eigenvalue weighted by Crippen LogP contribution is 2.26. The number of amides is 1. The fourth-order valence-electron chi connectivity index (χ4n) is 2.38. The Kier molecular flexibility index (Phi) is 4.68. The molecule has 2 unspecified atom stereocenters. The SMILES string of the molecule is CC(C)(C(=O)NCC1CNCC1O)c1cccc(Cl)c1. The first-order valence-corrected chi connectivity index (χ1v) is 7.22. The van der Waals surface area contributed by atoms with Crippen molar-refractivity contribution in [1.82, 2.24) is 10.6 Å². The Morgan fingerprint density at radius 1 is 1.50 bits per heavy atom. The van der Waals surface area contributed by atoms with E-state index in [1.165, 1.54) is 0 Å². The molecule has 1 heterocycles. The van der Waals surface area contributed by atoms with Crippen LogP contribution in [-0.4, -0.2) is 36.8 Å². The van der Waals surface area contributed by atoms with Gasteiger partial charge in [0, 0.05) is 30.6 Å². The van der Waals surface area contributed by atoms with Crippen LogP contribution >= 0.6 is 11.6 Å². The van der Waals surface area contributed by atoms with Crippen LogP contribution in [0.2, 0.25) is 5.02 Å². The van der Waals surface area contributed by atoms with Crippen LogP contribution < -0.4 is 10.6 Å². The molecule has 0 radical (unpaired) electrons. The molecule has 110 valence electrons. The number of hydrogen-bond donors (Lipinski definition) is 3. The number of aliphatic hydroxyl groups excluding tert-OH is 1. The number of hydrogen-bond acceptors (Lipinski definition) is 3. The molecule has 0 spiro atoms. The van der Waals surface area contributed by atoms with Gasteiger partial charge in [-0.1, -0.05) is 23.7 Å². The molecule has 3 N–H and O–H groups in total. The number of carbonyl (C=O) groups is 1. The van der Waals surface area contributed by atoms with E-state index in [-0.39, 0.29) is 17.9 Å². The number of halogens is 1. The van der Waals surface area contributed by atoms with E-state index in [4.69, 9.17) is 11.6 Å². The van der Waals surface area contributed by atoms with Crippen molar-refractivity contribution in [3.63, 3.8) is 0 Å². The number of rotatable bonds is 4. The topological polar surface area (TPSA) is 61.4 Å². The van der Waals surface area contributed by atoms with Crippen molar-refractivity contribution in [3.8, 4) is 0 Å². The third-order valence-corrected chi connectivity index (χ3v) is 4.18. The van der Waals surface area contributed by atoms with Gasteiger partial charge in [-0.25, -0.2) is 0 Å². The van der Waals surface area contributed by atoms with Crippen molar-refractivity contribution >= 4 is 17.5 Å². The molecule has 1 aromatic carbocycles. The van der Waals surface area contributed by atoms with Gasteiger partial charge in [-0.15, -0.1) is 0 Å². The largest absolute Gasteiger partial charge is 0.391 e. The zero-order valence-electron chi connectivity index (χ0n) is 11.8. The lowest BCUT2D eigenvalue weighted by molar-refractivity contribution is -0.125. The number of nitrogens with one attached hydrogen (secondary N) is 2. The van der Waals surface area contributed by atoms with Gasteiger partial charge in [0.05, 0.1) is 11.5 Å². The summed E-state index contributed by atoms with van der Waals surface area (Å²) in [7, 11) is 0. The van der Waals surface area contributed by atoms with Crippen LogP contribution in [0.15, 0.2) is 24.3 Å². The van der Waals surface area contributed by atoms with Gasteiger partial charge in [0.2, 0.25) is 5.91 Å². The van der Waals surface area contributed by atoms with Crippen molar-refractivity contribution in [3.05, 3.63) is 34.9 Å². The van der Waals surface area contributed by atoms with Crippen molar-refractivity contribution in [2.45, 2.75) is 25.4 Å². The van der Waals surface area contributed by atoms with E-state index in [9.17, 15) is 9.90 Å². The molecule has 1 saturated heterocycles. The second-order valence-corrected chi connectivity index (χ2v) is 6.27. The van der Waals surface area contributed by atoms with Gasteiger partial charge in [-0.2, -0.15) is 0 Å². The molecule has 0 aliphatic carbocycles. The van der Waals surface area contributed by atoms with Gasteiger partial charge in [0.15, 0.2) is 0 Å². The maximum Gasteiger partial charge on any atom is 0.230 e. The predicted molar refractivity (Wildman–Crippen MR) is 79.9 cm³/mol. The number of aliphatic hydroxyl groups is 1. The van der Waals surface area contributed by atoms with Crippen molar-refractivity contribution in [2.75, 3.05) is 19.6 Å². The summed E-state index contributed by atoms with van der Waals surface area (Å²) in [6.45, 7) is 5.56. The smallest absolute Gasteiger partial charge is 0.230 e. The number of carbonyl (C=O) groups excluding carboxylic acids is 1. The molecule has 0 bridgehead atoms. The summed E-state index contributed by atoms with van der Waals surface area (Å²) in [5.41, 5.74) is 0.231. The van der Waals surface area contributed by atoms with Crippen LogP contribution in [0.25, 0.3) is 0 Å². The normalized spacial score (nSPS) is 22.8. The molecule has 0 saturated carbocycles. The molecule has 2 atom stereocenters. The van der Waals surface area contributed by atoms with Crippen LogP contribution in [0, 0.1) is 5.92 Å². The molecule has 1 aliphatic rings. The average Bonchev–Trinajstić information content (AvgIpc) is 2.81. The second kappa shape index (κ2) is 6.12. The Bertz CT molecular complexity index is 491. The van der Waals surface area contributed by atoms with Gasteiger partial charge in [0.25, 0.3) is 0 Å². The van der Waals surface area contributed by atoms with E-state index in [1.54, 1.807) is 6.07 Å².